The SMILES string of the molecule is CCN(CC)CCn1ccc(=O)nc1SCC(=O)O. The van der Waals surface area contributed by atoms with Crippen molar-refractivity contribution in [1.29, 1.82) is 0 Å². The van der Waals surface area contributed by atoms with Crippen LogP contribution in [0.1, 0.15) is 13.8 Å². The highest BCUT2D eigenvalue weighted by atomic mass is 32.2. The molecule has 7 heteroatoms. The van der Waals surface area contributed by atoms with Gasteiger partial charge in [-0.3, -0.25) is 9.59 Å². The smallest absolute Gasteiger partial charge is 0.313 e. The lowest BCUT2D eigenvalue weighted by molar-refractivity contribution is -0.133. The summed E-state index contributed by atoms with van der Waals surface area (Å²) >= 11 is 1.07. The summed E-state index contributed by atoms with van der Waals surface area (Å²) in [5.41, 5.74) is -0.341. The summed E-state index contributed by atoms with van der Waals surface area (Å²) in [5, 5.41) is 9.15. The van der Waals surface area contributed by atoms with Crippen LogP contribution in [0.15, 0.2) is 22.2 Å². The van der Waals surface area contributed by atoms with Gasteiger partial charge in [-0.15, -0.1) is 0 Å². The normalized spacial score (nSPS) is 10.9. The van der Waals surface area contributed by atoms with E-state index in [1.807, 2.05) is 4.57 Å². The van der Waals surface area contributed by atoms with E-state index in [1.54, 1.807) is 6.20 Å². The molecule has 0 radical (unpaired) electrons. The number of aromatic nitrogens is 2. The number of carboxylic acid groups (broad SMARTS) is 1. The molecule has 6 nitrogen and oxygen atoms in total. The van der Waals surface area contributed by atoms with Gasteiger partial charge >= 0.3 is 5.97 Å². The summed E-state index contributed by atoms with van der Waals surface area (Å²) in [4.78, 5) is 27.9. The summed E-state index contributed by atoms with van der Waals surface area (Å²) < 4.78 is 1.83. The zero-order chi connectivity index (χ0) is 14.3. The number of aliphatic carboxylic acids is 1. The summed E-state index contributed by atoms with van der Waals surface area (Å²) in [7, 11) is 0. The van der Waals surface area contributed by atoms with Crippen molar-refractivity contribution in [3.05, 3.63) is 22.6 Å². The lowest BCUT2D eigenvalue weighted by Gasteiger charge is -2.19. The van der Waals surface area contributed by atoms with E-state index in [4.69, 9.17) is 5.11 Å². The second-order valence-corrected chi connectivity index (χ2v) is 4.89. The van der Waals surface area contributed by atoms with E-state index in [9.17, 15) is 9.59 Å². The van der Waals surface area contributed by atoms with Crippen molar-refractivity contribution in [2.45, 2.75) is 25.5 Å². The molecular weight excluding hydrogens is 266 g/mol. The van der Waals surface area contributed by atoms with Gasteiger partial charge in [0.1, 0.15) is 0 Å². The van der Waals surface area contributed by atoms with Crippen molar-refractivity contribution < 1.29 is 9.90 Å². The Balaban J connectivity index is 2.75. The highest BCUT2D eigenvalue weighted by molar-refractivity contribution is 7.99. The molecule has 0 aliphatic rings. The average Bonchev–Trinajstić information content (AvgIpc) is 2.39. The fraction of sp³-hybridized carbons (Fsp3) is 0.583. The second-order valence-electron chi connectivity index (χ2n) is 3.95. The third-order valence-electron chi connectivity index (χ3n) is 2.72. The van der Waals surface area contributed by atoms with Gasteiger partial charge in [-0.2, -0.15) is 4.98 Å². The Morgan fingerprint density at radius 2 is 2.16 bits per heavy atom. The summed E-state index contributed by atoms with van der Waals surface area (Å²) in [5.74, 6) is -1.01. The van der Waals surface area contributed by atoms with Crippen LogP contribution in [0, 0.1) is 0 Å². The van der Waals surface area contributed by atoms with Crippen molar-refractivity contribution >= 4 is 17.7 Å². The van der Waals surface area contributed by atoms with Crippen LogP contribution < -0.4 is 5.56 Å². The molecule has 0 spiro atoms. The van der Waals surface area contributed by atoms with Crippen LogP contribution in [0.2, 0.25) is 0 Å². The maximum absolute atomic E-state index is 11.2. The first-order valence-electron chi connectivity index (χ1n) is 6.21. The molecule has 1 aromatic heterocycles. The molecule has 1 aromatic rings. The van der Waals surface area contributed by atoms with Crippen molar-refractivity contribution in [2.24, 2.45) is 0 Å². The van der Waals surface area contributed by atoms with E-state index in [2.05, 4.69) is 23.7 Å². The predicted molar refractivity (Wildman–Crippen MR) is 74.6 cm³/mol. The minimum absolute atomic E-state index is 0.0955. The lowest BCUT2D eigenvalue weighted by Crippen LogP contribution is -2.28. The molecule has 0 unspecified atom stereocenters. The van der Waals surface area contributed by atoms with E-state index in [0.717, 1.165) is 31.4 Å². The number of carbonyl (C=O) groups is 1. The third-order valence-corrected chi connectivity index (χ3v) is 3.70. The van der Waals surface area contributed by atoms with Gasteiger partial charge in [0.15, 0.2) is 5.16 Å². The van der Waals surface area contributed by atoms with Crippen molar-refractivity contribution in [3.8, 4) is 0 Å². The molecule has 0 aromatic carbocycles. The summed E-state index contributed by atoms with van der Waals surface area (Å²) in [6.07, 6.45) is 1.67. The molecule has 19 heavy (non-hydrogen) atoms. The number of rotatable bonds is 8. The lowest BCUT2D eigenvalue weighted by atomic mass is 10.4. The van der Waals surface area contributed by atoms with E-state index in [1.165, 1.54) is 6.07 Å². The van der Waals surface area contributed by atoms with Gasteiger partial charge in [-0.25, -0.2) is 0 Å². The van der Waals surface area contributed by atoms with E-state index < -0.39 is 5.97 Å². The van der Waals surface area contributed by atoms with Gasteiger partial charge in [-0.1, -0.05) is 25.6 Å². The Morgan fingerprint density at radius 3 is 2.74 bits per heavy atom. The monoisotopic (exact) mass is 285 g/mol. The molecule has 0 aliphatic carbocycles. The van der Waals surface area contributed by atoms with Crippen LogP contribution in [-0.4, -0.2) is 50.9 Å². The van der Waals surface area contributed by atoms with Crippen molar-refractivity contribution in [1.82, 2.24) is 14.5 Å². The number of hydrogen-bond acceptors (Lipinski definition) is 5. The fourth-order valence-electron chi connectivity index (χ4n) is 1.61. The molecule has 0 amide bonds. The largest absolute Gasteiger partial charge is 0.481 e. The quantitative estimate of drug-likeness (QED) is 0.561. The molecular formula is C12H19N3O3S. The van der Waals surface area contributed by atoms with Gasteiger partial charge in [0.25, 0.3) is 5.56 Å². The number of carboxylic acids is 1. The van der Waals surface area contributed by atoms with Crippen LogP contribution in [0.5, 0.6) is 0 Å². The average molecular weight is 285 g/mol. The first-order chi connectivity index (χ1) is 9.06. The Hall–Kier alpha value is -1.34. The number of hydrogen-bond donors (Lipinski definition) is 1. The topological polar surface area (TPSA) is 75.4 Å². The van der Waals surface area contributed by atoms with Crippen LogP contribution in [-0.2, 0) is 11.3 Å². The van der Waals surface area contributed by atoms with Gasteiger partial charge in [-0.05, 0) is 13.1 Å². The standard InChI is InChI=1S/C12H19N3O3S/c1-3-14(4-2)7-8-15-6-5-10(16)13-12(15)19-9-11(17)18/h5-6H,3-4,7-9H2,1-2H3,(H,17,18). The molecule has 0 saturated carbocycles. The Bertz CT molecular complexity index is 472. The maximum Gasteiger partial charge on any atom is 0.313 e. The highest BCUT2D eigenvalue weighted by Gasteiger charge is 2.08. The molecule has 1 heterocycles. The first kappa shape index (κ1) is 15.7. The van der Waals surface area contributed by atoms with Crippen LogP contribution in [0.4, 0.5) is 0 Å². The van der Waals surface area contributed by atoms with Gasteiger partial charge in [0.2, 0.25) is 0 Å². The molecule has 0 atom stereocenters. The summed E-state index contributed by atoms with van der Waals surface area (Å²) in [6.45, 7) is 7.64. The maximum atomic E-state index is 11.2. The number of likely N-dealkylation sites (N-methyl/N-ethyl adjacent to an activating group) is 1. The Morgan fingerprint density at radius 1 is 1.47 bits per heavy atom. The van der Waals surface area contributed by atoms with E-state index in [-0.39, 0.29) is 11.3 Å². The zero-order valence-electron chi connectivity index (χ0n) is 11.2. The number of thioether (sulfide) groups is 1. The van der Waals surface area contributed by atoms with Crippen LogP contribution in [0.3, 0.4) is 0 Å². The molecule has 0 fully saturated rings. The van der Waals surface area contributed by atoms with E-state index >= 15 is 0 Å². The molecule has 0 bridgehead atoms. The second kappa shape index (κ2) is 7.96. The minimum atomic E-state index is -0.918. The number of nitrogens with zero attached hydrogens (tertiary/aromatic N) is 3. The van der Waals surface area contributed by atoms with Gasteiger partial charge in [0.05, 0.1) is 5.75 Å². The Kier molecular flexibility index (Phi) is 6.58. The van der Waals surface area contributed by atoms with E-state index in [0.29, 0.717) is 11.7 Å². The molecule has 106 valence electrons. The van der Waals surface area contributed by atoms with Crippen molar-refractivity contribution in [2.75, 3.05) is 25.4 Å². The Labute approximate surface area is 116 Å². The first-order valence-corrected chi connectivity index (χ1v) is 7.19. The highest BCUT2D eigenvalue weighted by Crippen LogP contribution is 2.13. The van der Waals surface area contributed by atoms with Crippen molar-refractivity contribution in [3.63, 3.8) is 0 Å². The van der Waals surface area contributed by atoms with Gasteiger partial charge in [0, 0.05) is 25.4 Å². The van der Waals surface area contributed by atoms with Gasteiger partial charge < -0.3 is 14.6 Å². The fourth-order valence-corrected chi connectivity index (χ4v) is 2.34. The molecule has 1 rings (SSSR count). The predicted octanol–water partition coefficient (Wildman–Crippen LogP) is 0.762. The zero-order valence-corrected chi connectivity index (χ0v) is 12.0. The van der Waals surface area contributed by atoms with Crippen LogP contribution >= 0.6 is 11.8 Å². The molecule has 0 aliphatic heterocycles. The summed E-state index contributed by atoms with van der Waals surface area (Å²) in [6, 6.07) is 1.40. The third kappa shape index (κ3) is 5.44. The molecule has 0 saturated heterocycles. The minimum Gasteiger partial charge on any atom is -0.481 e. The van der Waals surface area contributed by atoms with Crippen LogP contribution in [0.25, 0.3) is 0 Å². The molecule has 1 N–H and O–H groups in total.